The summed E-state index contributed by atoms with van der Waals surface area (Å²) in [5.41, 5.74) is 2.71. The van der Waals surface area contributed by atoms with Gasteiger partial charge in [0.25, 0.3) is 0 Å². The molecule has 0 amide bonds. The largest absolute Gasteiger partial charge is 0.378 e. The van der Waals surface area contributed by atoms with E-state index < -0.39 is 0 Å². The molecule has 0 aliphatic carbocycles. The van der Waals surface area contributed by atoms with Crippen molar-refractivity contribution in [3.8, 4) is 0 Å². The summed E-state index contributed by atoms with van der Waals surface area (Å²) in [6.45, 7) is 6.37. The zero-order valence-corrected chi connectivity index (χ0v) is 16.3. The molecule has 0 radical (unpaired) electrons. The fraction of sp³-hybridized carbons (Fsp3) is 0.526. The van der Waals surface area contributed by atoms with Crippen LogP contribution in [0.25, 0.3) is 0 Å². The van der Waals surface area contributed by atoms with Crippen LogP contribution in [-0.2, 0) is 24.4 Å². The quantitative estimate of drug-likeness (QED) is 0.758. The summed E-state index contributed by atoms with van der Waals surface area (Å²) in [4.78, 5) is 12.8. The number of ether oxygens (including phenoxy) is 1. The minimum atomic E-state index is 0.804. The fourth-order valence-electron chi connectivity index (χ4n) is 3.02. The average molecular weight is 361 g/mol. The monoisotopic (exact) mass is 360 g/mol. The van der Waals surface area contributed by atoms with Crippen molar-refractivity contribution in [3.05, 3.63) is 46.5 Å². The molecule has 0 N–H and O–H groups in total. The van der Waals surface area contributed by atoms with Gasteiger partial charge in [-0.25, -0.2) is 4.98 Å². The molecule has 5 nitrogen and oxygen atoms in total. The van der Waals surface area contributed by atoms with Crippen LogP contribution in [0.15, 0.2) is 30.5 Å². The number of thiazole rings is 1. The van der Waals surface area contributed by atoms with E-state index in [0.717, 1.165) is 51.1 Å². The summed E-state index contributed by atoms with van der Waals surface area (Å²) in [6.07, 6.45) is 2.02. The lowest BCUT2D eigenvalue weighted by Crippen LogP contribution is -2.36. The van der Waals surface area contributed by atoms with Gasteiger partial charge in [0.05, 0.1) is 13.2 Å². The number of nitrogens with zero attached hydrogens (tertiary/aromatic N) is 4. The molecule has 0 bridgehead atoms. The van der Waals surface area contributed by atoms with Crippen LogP contribution in [0, 0.1) is 0 Å². The lowest BCUT2D eigenvalue weighted by molar-refractivity contribution is 0.122. The van der Waals surface area contributed by atoms with Crippen LogP contribution in [0.1, 0.15) is 16.0 Å². The molecule has 3 rings (SSSR count). The molecule has 1 saturated heterocycles. The molecule has 136 valence electrons. The smallest absolute Gasteiger partial charge is 0.185 e. The number of benzene rings is 1. The maximum absolute atomic E-state index is 5.41. The third-order valence-electron chi connectivity index (χ3n) is 4.22. The van der Waals surface area contributed by atoms with Gasteiger partial charge >= 0.3 is 0 Å². The normalized spacial score (nSPS) is 15.3. The molecule has 25 heavy (non-hydrogen) atoms. The Hall–Kier alpha value is -1.47. The van der Waals surface area contributed by atoms with E-state index >= 15 is 0 Å². The summed E-state index contributed by atoms with van der Waals surface area (Å²) in [5.74, 6) is 0. The highest BCUT2D eigenvalue weighted by molar-refractivity contribution is 7.15. The van der Waals surface area contributed by atoms with Gasteiger partial charge in [0.2, 0.25) is 0 Å². The van der Waals surface area contributed by atoms with Crippen molar-refractivity contribution >= 4 is 16.5 Å². The first-order chi connectivity index (χ1) is 12.1. The van der Waals surface area contributed by atoms with Gasteiger partial charge in [0, 0.05) is 43.8 Å². The SMILES string of the molecule is CN(C)Cc1ccc(CN(C)Cc2cnc(N3CCOCC3)s2)cc1. The van der Waals surface area contributed by atoms with Crippen LogP contribution in [-0.4, -0.2) is 62.2 Å². The van der Waals surface area contributed by atoms with Crippen molar-refractivity contribution < 1.29 is 4.74 Å². The number of hydrogen-bond acceptors (Lipinski definition) is 6. The van der Waals surface area contributed by atoms with Crippen LogP contribution in [0.3, 0.4) is 0 Å². The molecule has 0 saturated carbocycles. The molecular weight excluding hydrogens is 332 g/mol. The predicted molar refractivity (Wildman–Crippen MR) is 104 cm³/mol. The summed E-state index contributed by atoms with van der Waals surface area (Å²) < 4.78 is 5.41. The fourth-order valence-corrected chi connectivity index (χ4v) is 4.06. The zero-order chi connectivity index (χ0) is 17.6. The van der Waals surface area contributed by atoms with E-state index in [2.05, 4.69) is 65.1 Å². The Labute approximate surface area is 154 Å². The van der Waals surface area contributed by atoms with Crippen molar-refractivity contribution in [1.29, 1.82) is 0 Å². The average Bonchev–Trinajstić information content (AvgIpc) is 3.05. The molecular formula is C19H28N4OS. The van der Waals surface area contributed by atoms with E-state index in [0.29, 0.717) is 0 Å². The second kappa shape index (κ2) is 8.76. The van der Waals surface area contributed by atoms with Crippen molar-refractivity contribution in [3.63, 3.8) is 0 Å². The van der Waals surface area contributed by atoms with Crippen LogP contribution >= 0.6 is 11.3 Å². The number of hydrogen-bond donors (Lipinski definition) is 0. The summed E-state index contributed by atoms with van der Waals surface area (Å²) in [7, 11) is 6.37. The summed E-state index contributed by atoms with van der Waals surface area (Å²) >= 11 is 1.80. The van der Waals surface area contributed by atoms with E-state index in [1.165, 1.54) is 16.0 Å². The molecule has 2 heterocycles. The second-order valence-electron chi connectivity index (χ2n) is 6.94. The Balaban J connectivity index is 1.52. The molecule has 1 aromatic carbocycles. The second-order valence-corrected chi connectivity index (χ2v) is 8.03. The molecule has 0 unspecified atom stereocenters. The van der Waals surface area contributed by atoms with Crippen LogP contribution in [0.4, 0.5) is 5.13 Å². The molecule has 6 heteroatoms. The standard InChI is InChI=1S/C19H28N4OS/c1-21(2)13-16-4-6-17(7-5-16)14-22(3)15-18-12-20-19(25-18)23-8-10-24-11-9-23/h4-7,12H,8-11,13-15H2,1-3H3. The third-order valence-corrected chi connectivity index (χ3v) is 5.27. The third kappa shape index (κ3) is 5.51. The van der Waals surface area contributed by atoms with E-state index in [1.807, 2.05) is 6.20 Å². The van der Waals surface area contributed by atoms with Gasteiger partial charge in [-0.1, -0.05) is 24.3 Å². The van der Waals surface area contributed by atoms with Gasteiger partial charge in [-0.3, -0.25) is 4.90 Å². The Bertz CT molecular complexity index is 650. The maximum Gasteiger partial charge on any atom is 0.185 e. The van der Waals surface area contributed by atoms with Gasteiger partial charge in [0.15, 0.2) is 5.13 Å². The highest BCUT2D eigenvalue weighted by atomic mass is 32.1. The van der Waals surface area contributed by atoms with E-state index in [4.69, 9.17) is 4.74 Å². The van der Waals surface area contributed by atoms with Gasteiger partial charge in [0.1, 0.15) is 0 Å². The van der Waals surface area contributed by atoms with Crippen molar-refractivity contribution in [1.82, 2.24) is 14.8 Å². The van der Waals surface area contributed by atoms with E-state index in [-0.39, 0.29) is 0 Å². The molecule has 1 fully saturated rings. The Morgan fingerprint density at radius 1 is 1.00 bits per heavy atom. The molecule has 0 spiro atoms. The first kappa shape index (κ1) is 18.3. The Morgan fingerprint density at radius 3 is 2.28 bits per heavy atom. The summed E-state index contributed by atoms with van der Waals surface area (Å²) in [5, 5.41) is 1.12. The minimum absolute atomic E-state index is 0.804. The zero-order valence-electron chi connectivity index (χ0n) is 15.4. The van der Waals surface area contributed by atoms with Gasteiger partial charge < -0.3 is 14.5 Å². The Kier molecular flexibility index (Phi) is 6.42. The number of rotatable bonds is 7. The van der Waals surface area contributed by atoms with Crippen molar-refractivity contribution in [2.45, 2.75) is 19.6 Å². The van der Waals surface area contributed by atoms with E-state index in [9.17, 15) is 0 Å². The van der Waals surface area contributed by atoms with Gasteiger partial charge in [-0.05, 0) is 32.3 Å². The molecule has 0 atom stereocenters. The van der Waals surface area contributed by atoms with Crippen LogP contribution < -0.4 is 4.90 Å². The molecule has 2 aromatic rings. The van der Waals surface area contributed by atoms with Gasteiger partial charge in [-0.15, -0.1) is 11.3 Å². The predicted octanol–water partition coefficient (Wildman–Crippen LogP) is 2.67. The Morgan fingerprint density at radius 2 is 1.64 bits per heavy atom. The van der Waals surface area contributed by atoms with Crippen LogP contribution in [0.5, 0.6) is 0 Å². The lowest BCUT2D eigenvalue weighted by atomic mass is 10.1. The molecule has 1 aromatic heterocycles. The highest BCUT2D eigenvalue weighted by Gasteiger charge is 2.15. The number of aromatic nitrogens is 1. The first-order valence-corrected chi connectivity index (χ1v) is 9.60. The van der Waals surface area contributed by atoms with Crippen molar-refractivity contribution in [2.75, 3.05) is 52.3 Å². The number of morpholine rings is 1. The first-order valence-electron chi connectivity index (χ1n) is 8.78. The maximum atomic E-state index is 5.41. The van der Waals surface area contributed by atoms with Gasteiger partial charge in [-0.2, -0.15) is 0 Å². The number of anilines is 1. The summed E-state index contributed by atoms with van der Waals surface area (Å²) in [6, 6.07) is 8.93. The lowest BCUT2D eigenvalue weighted by Gasteiger charge is -2.26. The minimum Gasteiger partial charge on any atom is -0.378 e. The van der Waals surface area contributed by atoms with Crippen molar-refractivity contribution in [2.24, 2.45) is 0 Å². The highest BCUT2D eigenvalue weighted by Crippen LogP contribution is 2.24. The topological polar surface area (TPSA) is 31.8 Å². The molecule has 1 aliphatic rings. The van der Waals surface area contributed by atoms with Crippen LogP contribution in [0.2, 0.25) is 0 Å². The molecule has 1 aliphatic heterocycles. The van der Waals surface area contributed by atoms with E-state index in [1.54, 1.807) is 11.3 Å².